The molecule has 0 atom stereocenters. The van der Waals surface area contributed by atoms with Gasteiger partial charge in [-0.25, -0.2) is 0 Å². The molecule has 0 bridgehead atoms. The van der Waals surface area contributed by atoms with E-state index in [9.17, 15) is 9.59 Å². The molecule has 2 amide bonds. The molecule has 0 unspecified atom stereocenters. The summed E-state index contributed by atoms with van der Waals surface area (Å²) < 4.78 is 0. The molecular formula is C21H21ClN2O2. The van der Waals surface area contributed by atoms with Gasteiger partial charge < -0.3 is 10.6 Å². The molecule has 1 heterocycles. The van der Waals surface area contributed by atoms with Crippen molar-refractivity contribution in [3.05, 3.63) is 69.7 Å². The first-order valence-corrected chi connectivity index (χ1v) is 9.34. The summed E-state index contributed by atoms with van der Waals surface area (Å²) in [6.45, 7) is 1.26. The summed E-state index contributed by atoms with van der Waals surface area (Å²) in [5, 5.41) is 0.688. The number of nitrogens with two attached hydrogens (primary N) is 1. The second-order valence-corrected chi connectivity index (χ2v) is 7.70. The highest BCUT2D eigenvalue weighted by Crippen LogP contribution is 2.46. The van der Waals surface area contributed by atoms with Crippen LogP contribution in [-0.4, -0.2) is 23.3 Å². The summed E-state index contributed by atoms with van der Waals surface area (Å²) in [7, 11) is 0. The van der Waals surface area contributed by atoms with Crippen molar-refractivity contribution in [2.45, 2.75) is 37.6 Å². The fourth-order valence-electron chi connectivity index (χ4n) is 4.11. The topological polar surface area (TPSA) is 63.4 Å². The van der Waals surface area contributed by atoms with E-state index in [1.165, 1.54) is 0 Å². The Hall–Kier alpha value is -2.33. The van der Waals surface area contributed by atoms with Crippen LogP contribution in [0.4, 0.5) is 0 Å². The van der Waals surface area contributed by atoms with Gasteiger partial charge in [-0.15, -0.1) is 0 Å². The molecule has 2 aliphatic rings. The molecule has 0 spiro atoms. The largest absolute Gasteiger partial charge is 0.366 e. The zero-order valence-electron chi connectivity index (χ0n) is 14.5. The van der Waals surface area contributed by atoms with E-state index in [-0.39, 0.29) is 5.91 Å². The molecule has 1 saturated carbocycles. The van der Waals surface area contributed by atoms with Crippen LogP contribution in [0.3, 0.4) is 0 Å². The molecule has 26 heavy (non-hydrogen) atoms. The maximum Gasteiger partial charge on any atom is 0.248 e. The van der Waals surface area contributed by atoms with Crippen molar-refractivity contribution < 1.29 is 9.59 Å². The number of amides is 2. The van der Waals surface area contributed by atoms with E-state index in [2.05, 4.69) is 0 Å². The van der Waals surface area contributed by atoms with Gasteiger partial charge in [0.25, 0.3) is 0 Å². The van der Waals surface area contributed by atoms with Gasteiger partial charge in [0.05, 0.1) is 5.41 Å². The third kappa shape index (κ3) is 2.78. The van der Waals surface area contributed by atoms with Gasteiger partial charge in [0.1, 0.15) is 0 Å². The van der Waals surface area contributed by atoms with Gasteiger partial charge in [-0.1, -0.05) is 36.2 Å². The summed E-state index contributed by atoms with van der Waals surface area (Å²) >= 11 is 6.01. The number of carbonyl (C=O) groups is 2. The van der Waals surface area contributed by atoms with Crippen LogP contribution in [0, 0.1) is 0 Å². The summed E-state index contributed by atoms with van der Waals surface area (Å²) in [6, 6.07) is 13.2. The van der Waals surface area contributed by atoms with Crippen LogP contribution >= 0.6 is 11.6 Å². The SMILES string of the molecule is NC(=O)c1ccc2c(c1)CCN(C(=O)C1(c3ccc(Cl)cc3)CCC1)C2. The molecule has 134 valence electrons. The smallest absolute Gasteiger partial charge is 0.248 e. The van der Waals surface area contributed by atoms with Gasteiger partial charge in [-0.2, -0.15) is 0 Å². The number of benzene rings is 2. The van der Waals surface area contributed by atoms with Gasteiger partial charge in [-0.3, -0.25) is 9.59 Å². The number of hydrogen-bond acceptors (Lipinski definition) is 2. The normalized spacial score (nSPS) is 18.0. The molecule has 5 heteroatoms. The molecule has 2 aromatic rings. The van der Waals surface area contributed by atoms with Crippen molar-refractivity contribution in [2.75, 3.05) is 6.54 Å². The second kappa shape index (κ2) is 6.44. The number of primary amides is 1. The lowest BCUT2D eigenvalue weighted by Gasteiger charge is -2.45. The first kappa shape index (κ1) is 17.1. The van der Waals surface area contributed by atoms with Gasteiger partial charge in [0, 0.05) is 23.7 Å². The maximum absolute atomic E-state index is 13.4. The summed E-state index contributed by atoms with van der Waals surface area (Å²) in [5.41, 5.74) is 8.76. The van der Waals surface area contributed by atoms with Crippen molar-refractivity contribution in [3.8, 4) is 0 Å². The Labute approximate surface area is 157 Å². The number of fused-ring (bicyclic) bond motifs is 1. The molecule has 4 rings (SSSR count). The van der Waals surface area contributed by atoms with Crippen molar-refractivity contribution >= 4 is 23.4 Å². The minimum atomic E-state index is -0.414. The lowest BCUT2D eigenvalue weighted by Crippen LogP contribution is -2.52. The van der Waals surface area contributed by atoms with Crippen LogP contribution in [0.25, 0.3) is 0 Å². The highest BCUT2D eigenvalue weighted by atomic mass is 35.5. The second-order valence-electron chi connectivity index (χ2n) is 7.27. The lowest BCUT2D eigenvalue weighted by molar-refractivity contribution is -0.142. The van der Waals surface area contributed by atoms with Crippen LogP contribution in [0.15, 0.2) is 42.5 Å². The predicted octanol–water partition coefficient (Wildman–Crippen LogP) is 3.45. The van der Waals surface area contributed by atoms with E-state index >= 15 is 0 Å². The van der Waals surface area contributed by atoms with Crippen LogP contribution in [0.5, 0.6) is 0 Å². The molecule has 1 aliphatic carbocycles. The average molecular weight is 369 g/mol. The van der Waals surface area contributed by atoms with Crippen molar-refractivity contribution in [1.82, 2.24) is 4.90 Å². The number of nitrogens with zero attached hydrogens (tertiary/aromatic N) is 1. The van der Waals surface area contributed by atoms with Crippen LogP contribution in [0.1, 0.15) is 46.3 Å². The fraction of sp³-hybridized carbons (Fsp3) is 0.333. The summed E-state index contributed by atoms with van der Waals surface area (Å²) in [4.78, 5) is 26.7. The first-order chi connectivity index (χ1) is 12.5. The maximum atomic E-state index is 13.4. The van der Waals surface area contributed by atoms with Gasteiger partial charge in [0.2, 0.25) is 11.8 Å². The molecule has 1 aliphatic heterocycles. The highest BCUT2D eigenvalue weighted by Gasteiger charge is 2.47. The third-order valence-electron chi connectivity index (χ3n) is 5.80. The quantitative estimate of drug-likeness (QED) is 0.901. The number of halogens is 1. The van der Waals surface area contributed by atoms with E-state index < -0.39 is 11.3 Å². The summed E-state index contributed by atoms with van der Waals surface area (Å²) in [5.74, 6) is -0.210. The number of rotatable bonds is 3. The average Bonchev–Trinajstić information content (AvgIpc) is 2.61. The Morgan fingerprint density at radius 2 is 1.77 bits per heavy atom. The summed E-state index contributed by atoms with van der Waals surface area (Å²) in [6.07, 6.45) is 3.59. The zero-order valence-corrected chi connectivity index (χ0v) is 15.3. The van der Waals surface area contributed by atoms with Crippen LogP contribution in [-0.2, 0) is 23.2 Å². The standard InChI is InChI=1S/C21H21ClN2O2/c22-18-6-4-17(5-7-18)21(9-1-10-21)20(26)24-11-8-14-12-15(19(23)25)2-3-16(14)13-24/h2-7,12H,1,8-11,13H2,(H2,23,25). The first-order valence-electron chi connectivity index (χ1n) is 8.97. The van der Waals surface area contributed by atoms with Gasteiger partial charge in [-0.05, 0) is 60.2 Å². The van der Waals surface area contributed by atoms with Crippen molar-refractivity contribution in [1.29, 1.82) is 0 Å². The lowest BCUT2D eigenvalue weighted by atomic mass is 9.63. The van der Waals surface area contributed by atoms with Gasteiger partial charge in [0.15, 0.2) is 0 Å². The van der Waals surface area contributed by atoms with Crippen molar-refractivity contribution in [2.24, 2.45) is 5.73 Å². The van der Waals surface area contributed by atoms with E-state index in [1.54, 1.807) is 6.07 Å². The minimum absolute atomic E-state index is 0.204. The van der Waals surface area contributed by atoms with Crippen LogP contribution < -0.4 is 5.73 Å². The van der Waals surface area contributed by atoms with Gasteiger partial charge >= 0.3 is 0 Å². The molecule has 2 aromatic carbocycles. The fourth-order valence-corrected chi connectivity index (χ4v) is 4.23. The Kier molecular flexibility index (Phi) is 4.23. The Morgan fingerprint density at radius 3 is 2.38 bits per heavy atom. The Bertz CT molecular complexity index is 872. The third-order valence-corrected chi connectivity index (χ3v) is 6.06. The highest BCUT2D eigenvalue weighted by molar-refractivity contribution is 6.30. The Balaban J connectivity index is 1.59. The molecule has 4 nitrogen and oxygen atoms in total. The molecular weight excluding hydrogens is 348 g/mol. The molecule has 0 saturated heterocycles. The predicted molar refractivity (Wildman–Crippen MR) is 101 cm³/mol. The number of hydrogen-bond donors (Lipinski definition) is 1. The minimum Gasteiger partial charge on any atom is -0.366 e. The Morgan fingerprint density at radius 1 is 1.04 bits per heavy atom. The molecule has 2 N–H and O–H groups in total. The monoisotopic (exact) mass is 368 g/mol. The van der Waals surface area contributed by atoms with E-state index in [4.69, 9.17) is 17.3 Å². The van der Waals surface area contributed by atoms with E-state index in [0.717, 1.165) is 42.4 Å². The number of carbonyl (C=O) groups excluding carboxylic acids is 2. The van der Waals surface area contributed by atoms with E-state index in [1.807, 2.05) is 41.3 Å². The van der Waals surface area contributed by atoms with E-state index in [0.29, 0.717) is 23.7 Å². The molecule has 0 aromatic heterocycles. The molecule has 0 radical (unpaired) electrons. The van der Waals surface area contributed by atoms with Crippen LogP contribution in [0.2, 0.25) is 5.02 Å². The molecule has 1 fully saturated rings. The van der Waals surface area contributed by atoms with Crippen molar-refractivity contribution in [3.63, 3.8) is 0 Å². The zero-order chi connectivity index (χ0) is 18.3.